The number of rotatable bonds is 5. The summed E-state index contributed by atoms with van der Waals surface area (Å²) in [6.07, 6.45) is 6.81. The average Bonchev–Trinajstić information content (AvgIpc) is 3.36. The molecular formula is C19H15N5O3. The number of furan rings is 1. The summed E-state index contributed by atoms with van der Waals surface area (Å²) in [5.41, 5.74) is 2.20. The van der Waals surface area contributed by atoms with E-state index in [0.29, 0.717) is 11.5 Å². The van der Waals surface area contributed by atoms with Crippen LogP contribution in [0.15, 0.2) is 71.7 Å². The summed E-state index contributed by atoms with van der Waals surface area (Å²) < 4.78 is 6.80. The zero-order valence-corrected chi connectivity index (χ0v) is 14.1. The first-order valence-corrected chi connectivity index (χ1v) is 8.21. The summed E-state index contributed by atoms with van der Waals surface area (Å²) in [7, 11) is 0. The third kappa shape index (κ3) is 3.69. The zero-order chi connectivity index (χ0) is 18.6. The van der Waals surface area contributed by atoms with Crippen LogP contribution in [0.25, 0.3) is 17.0 Å². The largest absolute Gasteiger partial charge is 0.459 e. The summed E-state index contributed by atoms with van der Waals surface area (Å²) in [6, 6.07) is 12.3. The summed E-state index contributed by atoms with van der Waals surface area (Å²) in [5.74, 6) is -0.0299. The van der Waals surface area contributed by atoms with Gasteiger partial charge in [0.2, 0.25) is 11.7 Å². The van der Waals surface area contributed by atoms with Gasteiger partial charge in [-0.15, -0.1) is 0 Å². The van der Waals surface area contributed by atoms with Crippen molar-refractivity contribution in [3.05, 3.63) is 73.1 Å². The van der Waals surface area contributed by atoms with Crippen molar-refractivity contribution in [2.24, 2.45) is 0 Å². The zero-order valence-electron chi connectivity index (χ0n) is 14.1. The molecule has 27 heavy (non-hydrogen) atoms. The van der Waals surface area contributed by atoms with Gasteiger partial charge in [-0.3, -0.25) is 14.0 Å². The smallest absolute Gasteiger partial charge is 0.287 e. The molecule has 8 heteroatoms. The molecule has 4 rings (SSSR count). The van der Waals surface area contributed by atoms with Gasteiger partial charge in [0, 0.05) is 29.8 Å². The van der Waals surface area contributed by atoms with E-state index in [2.05, 4.69) is 20.6 Å². The van der Waals surface area contributed by atoms with Gasteiger partial charge >= 0.3 is 0 Å². The second-order valence-corrected chi connectivity index (χ2v) is 5.74. The first-order valence-electron chi connectivity index (χ1n) is 8.21. The molecule has 2 N–H and O–H groups in total. The highest BCUT2D eigenvalue weighted by atomic mass is 16.3. The standard InChI is InChI=1S/C19H15N5O3/c25-17(11-21-18(26)16-6-2-9-27-16)22-14-5-1-4-13(10-14)15-12-24-8-3-7-20-19(24)23-15/h1-10,12H,11H2,(H,21,26)(H,22,25). The van der Waals surface area contributed by atoms with E-state index in [1.807, 2.05) is 41.1 Å². The van der Waals surface area contributed by atoms with Crippen molar-refractivity contribution in [1.29, 1.82) is 0 Å². The Bertz CT molecular complexity index is 1070. The molecule has 0 atom stereocenters. The van der Waals surface area contributed by atoms with E-state index >= 15 is 0 Å². The number of nitrogens with one attached hydrogen (secondary N) is 2. The number of fused-ring (bicyclic) bond motifs is 1. The van der Waals surface area contributed by atoms with Gasteiger partial charge in [0.15, 0.2) is 5.76 Å². The number of imidazole rings is 1. The van der Waals surface area contributed by atoms with Gasteiger partial charge in [0.25, 0.3) is 5.91 Å². The van der Waals surface area contributed by atoms with Crippen LogP contribution in [-0.2, 0) is 4.79 Å². The predicted molar refractivity (Wildman–Crippen MR) is 98.1 cm³/mol. The van der Waals surface area contributed by atoms with Gasteiger partial charge in [-0.1, -0.05) is 12.1 Å². The number of benzene rings is 1. The molecule has 0 unspecified atom stereocenters. The lowest BCUT2D eigenvalue weighted by molar-refractivity contribution is -0.115. The first-order chi connectivity index (χ1) is 13.2. The average molecular weight is 361 g/mol. The number of anilines is 1. The fraction of sp³-hybridized carbons (Fsp3) is 0.0526. The maximum atomic E-state index is 12.1. The highest BCUT2D eigenvalue weighted by Gasteiger charge is 2.11. The Balaban J connectivity index is 1.43. The lowest BCUT2D eigenvalue weighted by atomic mass is 10.1. The lowest BCUT2D eigenvalue weighted by Gasteiger charge is -2.07. The summed E-state index contributed by atoms with van der Waals surface area (Å²) in [6.45, 7) is -0.165. The van der Waals surface area contributed by atoms with E-state index in [4.69, 9.17) is 4.42 Å². The summed E-state index contributed by atoms with van der Waals surface area (Å²) in [4.78, 5) is 32.5. The Morgan fingerprint density at radius 2 is 2.07 bits per heavy atom. The molecule has 0 bridgehead atoms. The summed E-state index contributed by atoms with van der Waals surface area (Å²) in [5, 5.41) is 5.25. The molecule has 0 radical (unpaired) electrons. The SMILES string of the molecule is O=C(CNC(=O)c1ccco1)Nc1cccc(-c2cn3cccnc3n2)c1. The van der Waals surface area contributed by atoms with Crippen LogP contribution in [0.3, 0.4) is 0 Å². The van der Waals surface area contributed by atoms with Gasteiger partial charge in [0.1, 0.15) is 0 Å². The predicted octanol–water partition coefficient (Wildman–Crippen LogP) is 2.36. The second kappa shape index (κ2) is 7.12. The fourth-order valence-corrected chi connectivity index (χ4v) is 2.59. The highest BCUT2D eigenvalue weighted by Crippen LogP contribution is 2.22. The van der Waals surface area contributed by atoms with E-state index < -0.39 is 5.91 Å². The Morgan fingerprint density at radius 1 is 1.15 bits per heavy atom. The van der Waals surface area contributed by atoms with E-state index in [1.54, 1.807) is 18.3 Å². The number of carbonyl (C=O) groups excluding carboxylic acids is 2. The number of nitrogens with zero attached hydrogens (tertiary/aromatic N) is 3. The van der Waals surface area contributed by atoms with Crippen molar-refractivity contribution in [1.82, 2.24) is 19.7 Å². The minimum Gasteiger partial charge on any atom is -0.459 e. The third-order valence-corrected chi connectivity index (χ3v) is 3.83. The van der Waals surface area contributed by atoms with Crippen molar-refractivity contribution in [3.63, 3.8) is 0 Å². The van der Waals surface area contributed by atoms with Crippen LogP contribution in [0.4, 0.5) is 5.69 Å². The monoisotopic (exact) mass is 361 g/mol. The molecule has 4 aromatic rings. The molecule has 0 saturated carbocycles. The van der Waals surface area contributed by atoms with Crippen molar-refractivity contribution in [2.75, 3.05) is 11.9 Å². The van der Waals surface area contributed by atoms with Gasteiger partial charge in [0.05, 0.1) is 18.5 Å². The third-order valence-electron chi connectivity index (χ3n) is 3.83. The Morgan fingerprint density at radius 3 is 2.89 bits per heavy atom. The summed E-state index contributed by atoms with van der Waals surface area (Å²) >= 11 is 0. The lowest BCUT2D eigenvalue weighted by Crippen LogP contribution is -2.32. The molecule has 2 amide bonds. The molecule has 3 aromatic heterocycles. The van der Waals surface area contributed by atoms with Gasteiger partial charge < -0.3 is 15.1 Å². The number of carbonyl (C=O) groups is 2. The molecule has 0 aliphatic rings. The van der Waals surface area contributed by atoms with Gasteiger partial charge in [-0.25, -0.2) is 9.97 Å². The Hall–Kier alpha value is -3.94. The number of hydrogen-bond donors (Lipinski definition) is 2. The molecular weight excluding hydrogens is 346 g/mol. The molecule has 1 aromatic carbocycles. The molecule has 3 heterocycles. The maximum Gasteiger partial charge on any atom is 0.287 e. The van der Waals surface area contributed by atoms with Crippen LogP contribution < -0.4 is 10.6 Å². The molecule has 0 fully saturated rings. The van der Waals surface area contributed by atoms with Crippen LogP contribution in [0, 0.1) is 0 Å². The van der Waals surface area contributed by atoms with Crippen LogP contribution in [0.1, 0.15) is 10.6 Å². The molecule has 134 valence electrons. The van der Waals surface area contributed by atoms with Crippen molar-refractivity contribution in [2.45, 2.75) is 0 Å². The van der Waals surface area contributed by atoms with Crippen LogP contribution in [0.5, 0.6) is 0 Å². The quantitative estimate of drug-likeness (QED) is 0.568. The fourth-order valence-electron chi connectivity index (χ4n) is 2.59. The van der Waals surface area contributed by atoms with Crippen LogP contribution in [-0.4, -0.2) is 32.7 Å². The van der Waals surface area contributed by atoms with E-state index in [9.17, 15) is 9.59 Å². The molecule has 8 nitrogen and oxygen atoms in total. The first kappa shape index (κ1) is 16.5. The molecule has 0 aliphatic heterocycles. The molecule has 0 spiro atoms. The Kier molecular flexibility index (Phi) is 4.36. The number of hydrogen-bond acceptors (Lipinski definition) is 5. The van der Waals surface area contributed by atoms with E-state index in [0.717, 1.165) is 11.3 Å². The molecule has 0 aliphatic carbocycles. The van der Waals surface area contributed by atoms with Crippen molar-refractivity contribution in [3.8, 4) is 11.3 Å². The van der Waals surface area contributed by atoms with Crippen LogP contribution >= 0.6 is 0 Å². The Labute approximate surface area is 153 Å². The van der Waals surface area contributed by atoms with Crippen LogP contribution in [0.2, 0.25) is 0 Å². The highest BCUT2D eigenvalue weighted by molar-refractivity contribution is 5.98. The topological polar surface area (TPSA) is 102 Å². The maximum absolute atomic E-state index is 12.1. The number of amides is 2. The minimum atomic E-state index is -0.443. The van der Waals surface area contributed by atoms with Gasteiger partial charge in [-0.2, -0.15) is 0 Å². The number of aromatic nitrogens is 3. The van der Waals surface area contributed by atoms with Gasteiger partial charge in [-0.05, 0) is 30.3 Å². The second-order valence-electron chi connectivity index (χ2n) is 5.74. The minimum absolute atomic E-state index is 0.158. The van der Waals surface area contributed by atoms with E-state index in [-0.39, 0.29) is 18.2 Å². The normalized spacial score (nSPS) is 10.7. The van der Waals surface area contributed by atoms with Crippen molar-refractivity contribution >= 4 is 23.3 Å². The molecule has 0 saturated heterocycles. The van der Waals surface area contributed by atoms with E-state index in [1.165, 1.54) is 12.3 Å². The van der Waals surface area contributed by atoms with Crippen molar-refractivity contribution < 1.29 is 14.0 Å².